The Kier molecular flexibility index (Phi) is 3.10. The van der Waals surface area contributed by atoms with Crippen molar-refractivity contribution in [2.24, 2.45) is 0 Å². The van der Waals surface area contributed by atoms with Crippen LogP contribution in [0, 0.1) is 11.6 Å². The number of nitrogens with one attached hydrogen (secondary N) is 1. The number of hydrogen-bond donors (Lipinski definition) is 3. The van der Waals surface area contributed by atoms with Crippen molar-refractivity contribution < 1.29 is 23.9 Å². The zero-order valence-corrected chi connectivity index (χ0v) is 6.92. The Morgan fingerprint density at radius 1 is 1.36 bits per heavy atom. The van der Waals surface area contributed by atoms with E-state index in [9.17, 15) is 13.6 Å². The lowest BCUT2D eigenvalue weighted by atomic mass is 10.1. The van der Waals surface area contributed by atoms with Crippen LogP contribution in [0.25, 0.3) is 0 Å². The van der Waals surface area contributed by atoms with E-state index in [1.54, 1.807) is 5.48 Å². The third-order valence-corrected chi connectivity index (χ3v) is 1.64. The molecule has 0 aliphatic carbocycles. The second-order valence-electron chi connectivity index (χ2n) is 2.56. The van der Waals surface area contributed by atoms with Crippen molar-refractivity contribution in [2.45, 2.75) is 6.54 Å². The first-order valence-corrected chi connectivity index (χ1v) is 3.64. The molecule has 0 fully saturated rings. The summed E-state index contributed by atoms with van der Waals surface area (Å²) in [6, 6.07) is 1.30. The van der Waals surface area contributed by atoms with E-state index in [-0.39, 0.29) is 12.1 Å². The molecule has 0 aliphatic heterocycles. The number of hydroxylamine groups is 1. The van der Waals surface area contributed by atoms with Crippen LogP contribution in [0.2, 0.25) is 0 Å². The smallest absolute Gasteiger partial charge is 0.338 e. The highest BCUT2D eigenvalue weighted by Gasteiger charge is 2.14. The Bertz CT molecular complexity index is 368. The summed E-state index contributed by atoms with van der Waals surface area (Å²) in [6.45, 7) is -0.285. The summed E-state index contributed by atoms with van der Waals surface area (Å²) >= 11 is 0. The molecule has 0 unspecified atom stereocenters. The third kappa shape index (κ3) is 2.04. The summed E-state index contributed by atoms with van der Waals surface area (Å²) in [5.41, 5.74) is 0.908. The van der Waals surface area contributed by atoms with E-state index in [0.29, 0.717) is 6.07 Å². The largest absolute Gasteiger partial charge is 0.478 e. The minimum absolute atomic E-state index is 0.119. The van der Waals surface area contributed by atoms with Crippen LogP contribution in [-0.4, -0.2) is 16.3 Å². The van der Waals surface area contributed by atoms with Gasteiger partial charge < -0.3 is 10.3 Å². The van der Waals surface area contributed by atoms with E-state index in [2.05, 4.69) is 0 Å². The highest BCUT2D eigenvalue weighted by molar-refractivity contribution is 5.88. The molecular weight excluding hydrogens is 196 g/mol. The summed E-state index contributed by atoms with van der Waals surface area (Å²) in [4.78, 5) is 10.4. The molecule has 3 N–H and O–H groups in total. The van der Waals surface area contributed by atoms with Gasteiger partial charge in [-0.25, -0.2) is 19.1 Å². The van der Waals surface area contributed by atoms with Crippen molar-refractivity contribution >= 4 is 5.97 Å². The van der Waals surface area contributed by atoms with Gasteiger partial charge in [-0.1, -0.05) is 0 Å². The minimum Gasteiger partial charge on any atom is -0.478 e. The second-order valence-corrected chi connectivity index (χ2v) is 2.56. The average molecular weight is 203 g/mol. The Morgan fingerprint density at radius 2 is 2.00 bits per heavy atom. The summed E-state index contributed by atoms with van der Waals surface area (Å²) in [5.74, 6) is -3.53. The fourth-order valence-corrected chi connectivity index (χ4v) is 0.978. The second kappa shape index (κ2) is 4.12. The van der Waals surface area contributed by atoms with Gasteiger partial charge in [0, 0.05) is 18.2 Å². The van der Waals surface area contributed by atoms with E-state index in [0.717, 1.165) is 6.07 Å². The van der Waals surface area contributed by atoms with Gasteiger partial charge >= 0.3 is 5.97 Å². The Morgan fingerprint density at radius 3 is 2.50 bits per heavy atom. The highest BCUT2D eigenvalue weighted by atomic mass is 19.1. The molecule has 0 aromatic heterocycles. The molecular formula is C8H7F2NO3. The van der Waals surface area contributed by atoms with Crippen LogP contribution in [0.1, 0.15) is 15.9 Å². The van der Waals surface area contributed by atoms with E-state index in [1.165, 1.54) is 0 Å². The monoisotopic (exact) mass is 203 g/mol. The number of carboxylic acid groups (broad SMARTS) is 1. The lowest BCUT2D eigenvalue weighted by Gasteiger charge is -2.04. The van der Waals surface area contributed by atoms with Crippen molar-refractivity contribution in [3.63, 3.8) is 0 Å². The molecule has 0 heterocycles. The third-order valence-electron chi connectivity index (χ3n) is 1.64. The fraction of sp³-hybridized carbons (Fsp3) is 0.125. The van der Waals surface area contributed by atoms with Crippen LogP contribution in [0.5, 0.6) is 0 Å². The number of benzene rings is 1. The Hall–Kier alpha value is -1.53. The number of halogens is 2. The van der Waals surface area contributed by atoms with Gasteiger partial charge in [-0.15, -0.1) is 0 Å². The molecule has 0 saturated carbocycles. The summed E-state index contributed by atoms with van der Waals surface area (Å²) < 4.78 is 25.7. The van der Waals surface area contributed by atoms with E-state index in [1.807, 2.05) is 0 Å². The quantitative estimate of drug-likeness (QED) is 0.644. The van der Waals surface area contributed by atoms with Gasteiger partial charge in [-0.2, -0.15) is 0 Å². The molecule has 0 amide bonds. The zero-order chi connectivity index (χ0) is 10.7. The number of aromatic carboxylic acids is 1. The maximum atomic E-state index is 12.9. The molecule has 1 aromatic carbocycles. The zero-order valence-electron chi connectivity index (χ0n) is 6.92. The first kappa shape index (κ1) is 10.6. The number of carbonyl (C=O) groups is 1. The standard InChI is InChI=1S/C8H7F2NO3/c9-6-2-7(10)5(8(12)13)1-4(6)3-11-14/h1-2,11,14H,3H2,(H,12,13). The van der Waals surface area contributed by atoms with Crippen LogP contribution in [0.15, 0.2) is 12.1 Å². The normalized spacial score (nSPS) is 10.2. The molecule has 1 aromatic rings. The summed E-state index contributed by atoms with van der Waals surface area (Å²) in [5, 5.41) is 16.8. The van der Waals surface area contributed by atoms with Crippen molar-refractivity contribution in [3.05, 3.63) is 34.9 Å². The average Bonchev–Trinajstić information content (AvgIpc) is 2.09. The highest BCUT2D eigenvalue weighted by Crippen LogP contribution is 2.14. The first-order valence-electron chi connectivity index (χ1n) is 3.64. The molecule has 0 spiro atoms. The van der Waals surface area contributed by atoms with E-state index < -0.39 is 23.2 Å². The fourth-order valence-electron chi connectivity index (χ4n) is 0.978. The molecule has 4 nitrogen and oxygen atoms in total. The molecule has 0 radical (unpaired) electrons. The van der Waals surface area contributed by atoms with Crippen molar-refractivity contribution in [1.82, 2.24) is 5.48 Å². The van der Waals surface area contributed by atoms with Crippen LogP contribution >= 0.6 is 0 Å². The summed E-state index contributed by atoms with van der Waals surface area (Å²) in [7, 11) is 0. The maximum Gasteiger partial charge on any atom is 0.338 e. The van der Waals surface area contributed by atoms with Gasteiger partial charge in [0.25, 0.3) is 0 Å². The maximum absolute atomic E-state index is 12.9. The number of hydrogen-bond acceptors (Lipinski definition) is 3. The Balaban J connectivity index is 3.20. The van der Waals surface area contributed by atoms with Gasteiger partial charge in [0.05, 0.1) is 5.56 Å². The van der Waals surface area contributed by atoms with Crippen molar-refractivity contribution in [1.29, 1.82) is 0 Å². The minimum atomic E-state index is -1.48. The molecule has 6 heteroatoms. The van der Waals surface area contributed by atoms with Crippen molar-refractivity contribution in [3.8, 4) is 0 Å². The lowest BCUT2D eigenvalue weighted by Crippen LogP contribution is -2.11. The van der Waals surface area contributed by atoms with Crippen LogP contribution in [0.3, 0.4) is 0 Å². The molecule has 0 aliphatic rings. The number of rotatable bonds is 3. The molecule has 76 valence electrons. The summed E-state index contributed by atoms with van der Waals surface area (Å²) in [6.07, 6.45) is 0. The number of carboxylic acids is 1. The van der Waals surface area contributed by atoms with Crippen molar-refractivity contribution in [2.75, 3.05) is 0 Å². The van der Waals surface area contributed by atoms with Gasteiger partial charge in [0.2, 0.25) is 0 Å². The molecule has 0 saturated heterocycles. The lowest BCUT2D eigenvalue weighted by molar-refractivity contribution is 0.0691. The SMILES string of the molecule is O=C(O)c1cc(CNO)c(F)cc1F. The topological polar surface area (TPSA) is 69.6 Å². The predicted octanol–water partition coefficient (Wildman–Crippen LogP) is 1.14. The van der Waals surface area contributed by atoms with Crippen LogP contribution < -0.4 is 5.48 Å². The molecule has 0 atom stereocenters. The van der Waals surface area contributed by atoms with E-state index in [4.69, 9.17) is 10.3 Å². The molecule has 1 rings (SSSR count). The molecule has 14 heavy (non-hydrogen) atoms. The first-order chi connectivity index (χ1) is 6.56. The Labute approximate surface area is 77.7 Å². The predicted molar refractivity (Wildman–Crippen MR) is 41.9 cm³/mol. The molecule has 0 bridgehead atoms. The van der Waals surface area contributed by atoms with Gasteiger partial charge in [0.15, 0.2) is 0 Å². The van der Waals surface area contributed by atoms with E-state index >= 15 is 0 Å². The van der Waals surface area contributed by atoms with Gasteiger partial charge in [-0.3, -0.25) is 0 Å². The van der Waals surface area contributed by atoms with Gasteiger partial charge in [-0.05, 0) is 6.07 Å². The van der Waals surface area contributed by atoms with Crippen LogP contribution in [0.4, 0.5) is 8.78 Å². The van der Waals surface area contributed by atoms with Crippen LogP contribution in [-0.2, 0) is 6.54 Å². The van der Waals surface area contributed by atoms with Gasteiger partial charge in [0.1, 0.15) is 11.6 Å².